The molecule has 1 aliphatic heterocycles. The third kappa shape index (κ3) is 4.46. The van der Waals surface area contributed by atoms with Crippen LogP contribution >= 0.6 is 15.9 Å². The second kappa shape index (κ2) is 8.48. The molecule has 4 rings (SSSR count). The summed E-state index contributed by atoms with van der Waals surface area (Å²) in [6.45, 7) is 1.26. The van der Waals surface area contributed by atoms with Crippen molar-refractivity contribution in [2.45, 2.75) is 31.7 Å². The minimum Gasteiger partial charge on any atom is -0.349 e. The van der Waals surface area contributed by atoms with Gasteiger partial charge < -0.3 is 10.2 Å². The van der Waals surface area contributed by atoms with Crippen LogP contribution < -0.4 is 5.32 Å². The van der Waals surface area contributed by atoms with Gasteiger partial charge in [-0.15, -0.1) is 0 Å². The first-order valence-electron chi connectivity index (χ1n) is 10.0. The molecule has 0 bridgehead atoms. The first-order chi connectivity index (χ1) is 13.6. The van der Waals surface area contributed by atoms with Gasteiger partial charge >= 0.3 is 0 Å². The van der Waals surface area contributed by atoms with Crippen molar-refractivity contribution in [1.82, 2.24) is 10.2 Å². The summed E-state index contributed by atoms with van der Waals surface area (Å²) in [7, 11) is 0. The fraction of sp³-hybridized carbons (Fsp3) is 0.391. The SMILES string of the molecule is O=C(NC(c1ccccc1)C1CC1)C1CCN(C(=O)c2ccc(Br)cc2)CC1. The van der Waals surface area contributed by atoms with E-state index < -0.39 is 0 Å². The predicted octanol–water partition coefficient (Wildman–Crippen LogP) is 4.57. The van der Waals surface area contributed by atoms with Gasteiger partial charge in [0.25, 0.3) is 5.91 Å². The summed E-state index contributed by atoms with van der Waals surface area (Å²) in [4.78, 5) is 27.4. The molecule has 2 aromatic rings. The molecule has 1 saturated heterocycles. The molecule has 2 aromatic carbocycles. The second-order valence-corrected chi connectivity index (χ2v) is 8.72. The largest absolute Gasteiger partial charge is 0.349 e. The Kier molecular flexibility index (Phi) is 5.81. The Morgan fingerprint density at radius 1 is 0.929 bits per heavy atom. The van der Waals surface area contributed by atoms with E-state index in [1.54, 1.807) is 0 Å². The molecule has 28 heavy (non-hydrogen) atoms. The molecular weight excluding hydrogens is 416 g/mol. The monoisotopic (exact) mass is 440 g/mol. The van der Waals surface area contributed by atoms with E-state index in [0.29, 0.717) is 24.6 Å². The molecule has 5 heteroatoms. The number of carbonyl (C=O) groups is 2. The van der Waals surface area contributed by atoms with E-state index in [4.69, 9.17) is 0 Å². The first-order valence-corrected chi connectivity index (χ1v) is 10.8. The average Bonchev–Trinajstić information content (AvgIpc) is 3.58. The molecule has 1 aliphatic carbocycles. The van der Waals surface area contributed by atoms with E-state index in [1.807, 2.05) is 47.4 Å². The zero-order chi connectivity index (χ0) is 19.5. The van der Waals surface area contributed by atoms with E-state index >= 15 is 0 Å². The van der Waals surface area contributed by atoms with Crippen LogP contribution in [0.25, 0.3) is 0 Å². The van der Waals surface area contributed by atoms with Crippen molar-refractivity contribution in [1.29, 1.82) is 0 Å². The van der Waals surface area contributed by atoms with E-state index in [0.717, 1.165) is 17.3 Å². The van der Waals surface area contributed by atoms with Crippen LogP contribution in [-0.4, -0.2) is 29.8 Å². The van der Waals surface area contributed by atoms with Crippen LogP contribution in [0, 0.1) is 11.8 Å². The number of piperidine rings is 1. The molecule has 1 atom stereocenters. The smallest absolute Gasteiger partial charge is 0.253 e. The molecule has 0 spiro atoms. The highest BCUT2D eigenvalue weighted by atomic mass is 79.9. The van der Waals surface area contributed by atoms with Crippen molar-refractivity contribution in [3.05, 3.63) is 70.2 Å². The fourth-order valence-electron chi connectivity index (χ4n) is 3.95. The standard InChI is InChI=1S/C23H25BrN2O2/c24-20-10-8-19(9-11-20)23(28)26-14-12-18(13-15-26)22(27)25-21(17-6-7-17)16-4-2-1-3-5-16/h1-5,8-11,17-18,21H,6-7,12-15H2,(H,25,27). The number of amides is 2. The molecule has 2 aliphatic rings. The molecule has 0 radical (unpaired) electrons. The third-order valence-electron chi connectivity index (χ3n) is 5.79. The van der Waals surface area contributed by atoms with Crippen molar-refractivity contribution in [2.75, 3.05) is 13.1 Å². The number of hydrogen-bond donors (Lipinski definition) is 1. The van der Waals surface area contributed by atoms with Crippen LogP contribution in [0.3, 0.4) is 0 Å². The van der Waals surface area contributed by atoms with Crippen molar-refractivity contribution in [2.24, 2.45) is 11.8 Å². The maximum atomic E-state index is 12.9. The number of nitrogens with one attached hydrogen (secondary N) is 1. The highest BCUT2D eigenvalue weighted by Crippen LogP contribution is 2.41. The summed E-state index contributed by atoms with van der Waals surface area (Å²) in [5.41, 5.74) is 1.89. The zero-order valence-electron chi connectivity index (χ0n) is 15.8. The lowest BCUT2D eigenvalue weighted by molar-refractivity contribution is -0.127. The van der Waals surface area contributed by atoms with Crippen LogP contribution in [0.1, 0.15) is 47.6 Å². The summed E-state index contributed by atoms with van der Waals surface area (Å²) in [6, 6.07) is 17.8. The summed E-state index contributed by atoms with van der Waals surface area (Å²) in [6.07, 6.45) is 3.81. The van der Waals surface area contributed by atoms with E-state index in [1.165, 1.54) is 18.4 Å². The number of halogens is 1. The van der Waals surface area contributed by atoms with Gasteiger partial charge in [-0.25, -0.2) is 0 Å². The minimum atomic E-state index is -0.0149. The van der Waals surface area contributed by atoms with Crippen molar-refractivity contribution in [3.8, 4) is 0 Å². The lowest BCUT2D eigenvalue weighted by atomic mass is 9.94. The predicted molar refractivity (Wildman–Crippen MR) is 113 cm³/mol. The molecule has 2 fully saturated rings. The van der Waals surface area contributed by atoms with Crippen molar-refractivity contribution >= 4 is 27.7 Å². The number of likely N-dealkylation sites (tertiary alicyclic amines) is 1. The quantitative estimate of drug-likeness (QED) is 0.739. The topological polar surface area (TPSA) is 49.4 Å². The van der Waals surface area contributed by atoms with Gasteiger partial charge in [-0.1, -0.05) is 46.3 Å². The van der Waals surface area contributed by atoms with E-state index in [-0.39, 0.29) is 23.8 Å². The van der Waals surface area contributed by atoms with Gasteiger partial charge in [0.2, 0.25) is 5.91 Å². The molecule has 1 saturated carbocycles. The van der Waals surface area contributed by atoms with Gasteiger partial charge in [-0.3, -0.25) is 9.59 Å². The van der Waals surface area contributed by atoms with Gasteiger partial charge in [-0.2, -0.15) is 0 Å². The number of benzene rings is 2. The Morgan fingerprint density at radius 2 is 1.57 bits per heavy atom. The van der Waals surface area contributed by atoms with Crippen LogP contribution in [0.15, 0.2) is 59.1 Å². The van der Waals surface area contributed by atoms with Gasteiger partial charge in [0.15, 0.2) is 0 Å². The zero-order valence-corrected chi connectivity index (χ0v) is 17.4. The third-order valence-corrected chi connectivity index (χ3v) is 6.32. The van der Waals surface area contributed by atoms with Gasteiger partial charge in [0, 0.05) is 29.0 Å². The maximum absolute atomic E-state index is 12.9. The molecule has 1 heterocycles. The minimum absolute atomic E-state index is 0.0149. The Balaban J connectivity index is 1.33. The number of hydrogen-bond acceptors (Lipinski definition) is 2. The van der Waals surface area contributed by atoms with Crippen LogP contribution in [-0.2, 0) is 4.79 Å². The number of rotatable bonds is 5. The molecule has 0 aromatic heterocycles. The highest BCUT2D eigenvalue weighted by molar-refractivity contribution is 9.10. The van der Waals surface area contributed by atoms with Crippen LogP contribution in [0.2, 0.25) is 0 Å². The lowest BCUT2D eigenvalue weighted by Gasteiger charge is -2.32. The summed E-state index contributed by atoms with van der Waals surface area (Å²) in [5, 5.41) is 3.30. The Morgan fingerprint density at radius 3 is 2.18 bits per heavy atom. The molecule has 2 amide bonds. The molecule has 4 nitrogen and oxygen atoms in total. The Bertz CT molecular complexity index is 825. The summed E-state index contributed by atoms with van der Waals surface area (Å²) < 4.78 is 0.961. The molecule has 1 N–H and O–H groups in total. The summed E-state index contributed by atoms with van der Waals surface area (Å²) >= 11 is 3.40. The number of carbonyl (C=O) groups excluding carboxylic acids is 2. The van der Waals surface area contributed by atoms with E-state index in [9.17, 15) is 9.59 Å². The molecule has 146 valence electrons. The van der Waals surface area contributed by atoms with Gasteiger partial charge in [0.1, 0.15) is 0 Å². The van der Waals surface area contributed by atoms with Crippen LogP contribution in [0.4, 0.5) is 0 Å². The highest BCUT2D eigenvalue weighted by Gasteiger charge is 2.35. The average molecular weight is 441 g/mol. The van der Waals surface area contributed by atoms with Gasteiger partial charge in [0.05, 0.1) is 6.04 Å². The number of nitrogens with zero attached hydrogens (tertiary/aromatic N) is 1. The fourth-order valence-corrected chi connectivity index (χ4v) is 4.22. The Labute approximate surface area is 174 Å². The molecular formula is C23H25BrN2O2. The van der Waals surface area contributed by atoms with Crippen molar-refractivity contribution in [3.63, 3.8) is 0 Å². The second-order valence-electron chi connectivity index (χ2n) is 7.81. The van der Waals surface area contributed by atoms with Crippen molar-refractivity contribution < 1.29 is 9.59 Å². The maximum Gasteiger partial charge on any atom is 0.253 e. The Hall–Kier alpha value is -2.14. The molecule has 1 unspecified atom stereocenters. The van der Waals surface area contributed by atoms with Crippen LogP contribution in [0.5, 0.6) is 0 Å². The van der Waals surface area contributed by atoms with E-state index in [2.05, 4.69) is 33.4 Å². The normalized spacial score (nSPS) is 18.5. The summed E-state index contributed by atoms with van der Waals surface area (Å²) in [5.74, 6) is 0.729. The van der Waals surface area contributed by atoms with Gasteiger partial charge in [-0.05, 0) is 61.4 Å². The first kappa shape index (κ1) is 19.2. The lowest BCUT2D eigenvalue weighted by Crippen LogP contribution is -2.44.